The summed E-state index contributed by atoms with van der Waals surface area (Å²) < 4.78 is 2.30. The number of amides is 4. The van der Waals surface area contributed by atoms with Crippen LogP contribution in [0.25, 0.3) is 32.6 Å². The van der Waals surface area contributed by atoms with E-state index < -0.39 is 6.04 Å². The predicted octanol–water partition coefficient (Wildman–Crippen LogP) is 4.71. The number of fused-ring (bicyclic) bond motifs is 5. The van der Waals surface area contributed by atoms with Gasteiger partial charge in [0.05, 0.1) is 17.6 Å². The van der Waals surface area contributed by atoms with Crippen LogP contribution >= 0.6 is 11.8 Å². The number of rotatable bonds is 17. The minimum Gasteiger partial charge on any atom is -0.508 e. The smallest absolute Gasteiger partial charge is 0.315 e. The van der Waals surface area contributed by atoms with Crippen molar-refractivity contribution in [3.63, 3.8) is 0 Å². The molecule has 50 heavy (non-hydrogen) atoms. The summed E-state index contributed by atoms with van der Waals surface area (Å²) in [6, 6.07) is 9.65. The molecule has 8 N–H and O–H groups in total. The topological polar surface area (TPSA) is 165 Å². The van der Waals surface area contributed by atoms with Gasteiger partial charge < -0.3 is 37.1 Å². The molecule has 11 nitrogen and oxygen atoms in total. The molecule has 0 bridgehead atoms. The number of phenols is 1. The highest BCUT2D eigenvalue weighted by atomic mass is 32.2. The van der Waals surface area contributed by atoms with Crippen LogP contribution in [0, 0.1) is 13.8 Å². The molecule has 0 saturated carbocycles. The molecule has 4 amide bonds. The van der Waals surface area contributed by atoms with Crippen LogP contribution in [0.4, 0.5) is 4.79 Å². The predicted molar refractivity (Wildman–Crippen MR) is 200 cm³/mol. The average Bonchev–Trinajstić information content (AvgIpc) is 3.77. The molecule has 4 atom stereocenters. The fourth-order valence-corrected chi connectivity index (χ4v) is 9.16. The first-order valence-corrected chi connectivity index (χ1v) is 19.3. The number of unbranched alkanes of at least 4 members (excludes halogenated alkanes) is 4. The Labute approximate surface area is 297 Å². The van der Waals surface area contributed by atoms with Crippen molar-refractivity contribution in [2.75, 3.05) is 18.8 Å². The molecule has 4 aromatic rings. The number of urea groups is 1. The van der Waals surface area contributed by atoms with Gasteiger partial charge >= 0.3 is 6.03 Å². The molecule has 268 valence electrons. The third kappa shape index (κ3) is 8.12. The van der Waals surface area contributed by atoms with Crippen LogP contribution in [-0.4, -0.2) is 70.2 Å². The maximum Gasteiger partial charge on any atom is 0.315 e. The number of pyridine rings is 1. The maximum absolute atomic E-state index is 13.1. The largest absolute Gasteiger partial charge is 0.508 e. The lowest BCUT2D eigenvalue weighted by Gasteiger charge is -2.19. The van der Waals surface area contributed by atoms with Crippen molar-refractivity contribution >= 4 is 62.2 Å². The molecule has 2 aliphatic heterocycles. The molecule has 2 saturated heterocycles. The van der Waals surface area contributed by atoms with Crippen LogP contribution in [0.2, 0.25) is 0 Å². The maximum atomic E-state index is 13.1. The van der Waals surface area contributed by atoms with Crippen LogP contribution < -0.4 is 31.6 Å². The van der Waals surface area contributed by atoms with Gasteiger partial charge in [-0.05, 0) is 93.6 Å². The van der Waals surface area contributed by atoms with Crippen molar-refractivity contribution in [2.24, 2.45) is 5.73 Å². The Morgan fingerprint density at radius 1 is 1.00 bits per heavy atom. The number of nitrogens with two attached hydrogens (primary N) is 1. The van der Waals surface area contributed by atoms with Crippen molar-refractivity contribution in [3.8, 4) is 5.75 Å². The number of thioether (sulfide) groups is 1. The summed E-state index contributed by atoms with van der Waals surface area (Å²) in [5.74, 6) is 0.978. The van der Waals surface area contributed by atoms with Gasteiger partial charge in [-0.15, -0.1) is 0 Å². The Bertz CT molecular complexity index is 1860. The molecular formula is C38H52N7O4S+. The molecule has 0 spiro atoms. The number of carbonyl (C=O) groups is 3. The first kappa shape index (κ1) is 35.8. The van der Waals surface area contributed by atoms with E-state index in [2.05, 4.69) is 63.0 Å². The van der Waals surface area contributed by atoms with E-state index in [1.165, 1.54) is 22.0 Å². The van der Waals surface area contributed by atoms with E-state index in [1.54, 1.807) is 6.07 Å². The van der Waals surface area contributed by atoms with Crippen molar-refractivity contribution in [1.29, 1.82) is 0 Å². The second-order valence-electron chi connectivity index (χ2n) is 14.0. The van der Waals surface area contributed by atoms with E-state index in [9.17, 15) is 19.5 Å². The number of aromatic amines is 1. The molecule has 2 aromatic carbocycles. The van der Waals surface area contributed by atoms with Gasteiger partial charge in [0.25, 0.3) is 0 Å². The van der Waals surface area contributed by atoms with E-state index in [-0.39, 0.29) is 35.7 Å². The van der Waals surface area contributed by atoms with Crippen LogP contribution in [0.5, 0.6) is 5.75 Å². The van der Waals surface area contributed by atoms with Gasteiger partial charge in [0.15, 0.2) is 11.9 Å². The quantitative estimate of drug-likeness (QED) is 0.0479. The second-order valence-corrected chi connectivity index (χ2v) is 15.2. The Balaban J connectivity index is 0.944. The van der Waals surface area contributed by atoms with E-state index in [0.717, 1.165) is 85.5 Å². The zero-order chi connectivity index (χ0) is 35.2. The van der Waals surface area contributed by atoms with Gasteiger partial charge in [-0.1, -0.05) is 6.42 Å². The third-order valence-corrected chi connectivity index (χ3v) is 12.0. The van der Waals surface area contributed by atoms with Crippen LogP contribution in [0.15, 0.2) is 36.5 Å². The highest BCUT2D eigenvalue weighted by Crippen LogP contribution is 2.35. The Kier molecular flexibility index (Phi) is 11.7. The van der Waals surface area contributed by atoms with Gasteiger partial charge in [0.1, 0.15) is 18.3 Å². The average molecular weight is 703 g/mol. The molecular weight excluding hydrogens is 651 g/mol. The molecule has 2 fully saturated rings. The molecule has 0 aliphatic carbocycles. The molecule has 4 heterocycles. The fourth-order valence-electron chi connectivity index (χ4n) is 7.61. The van der Waals surface area contributed by atoms with Crippen molar-refractivity contribution < 1.29 is 24.1 Å². The van der Waals surface area contributed by atoms with E-state index >= 15 is 0 Å². The summed E-state index contributed by atoms with van der Waals surface area (Å²) in [4.78, 5) is 41.1. The molecule has 6 rings (SSSR count). The first-order chi connectivity index (χ1) is 24.2. The zero-order valence-corrected chi connectivity index (χ0v) is 30.1. The number of benzene rings is 2. The molecule has 2 aliphatic rings. The van der Waals surface area contributed by atoms with E-state index in [0.29, 0.717) is 31.2 Å². The number of phenolic OH excluding ortho intramolecular Hbond substituents is 1. The van der Waals surface area contributed by atoms with Crippen LogP contribution in [0.3, 0.4) is 0 Å². The highest BCUT2D eigenvalue weighted by molar-refractivity contribution is 8.00. The van der Waals surface area contributed by atoms with Gasteiger partial charge in [-0.3, -0.25) is 9.59 Å². The number of aromatic hydroxyl groups is 1. The minimum absolute atomic E-state index is 0.0781. The summed E-state index contributed by atoms with van der Waals surface area (Å²) in [6.45, 7) is 6.32. The van der Waals surface area contributed by atoms with Gasteiger partial charge in [0, 0.05) is 65.1 Å². The Morgan fingerprint density at radius 2 is 1.86 bits per heavy atom. The van der Waals surface area contributed by atoms with Gasteiger partial charge in [-0.25, -0.2) is 9.36 Å². The fraction of sp³-hybridized carbons (Fsp3) is 0.526. The van der Waals surface area contributed by atoms with E-state index in [4.69, 9.17) is 5.73 Å². The normalized spacial score (nSPS) is 19.1. The van der Waals surface area contributed by atoms with Crippen molar-refractivity contribution in [3.05, 3.63) is 47.8 Å². The number of nitrogens with one attached hydrogen (secondary N) is 5. The van der Waals surface area contributed by atoms with Crippen LogP contribution in [-0.2, 0) is 16.1 Å². The van der Waals surface area contributed by atoms with Crippen molar-refractivity contribution in [2.45, 2.75) is 108 Å². The summed E-state index contributed by atoms with van der Waals surface area (Å²) >= 11 is 1.88. The number of nitrogens with zero attached hydrogens (tertiary/aromatic N) is 1. The number of H-pyrrole nitrogens is 1. The molecule has 0 radical (unpaired) electrons. The van der Waals surface area contributed by atoms with Gasteiger partial charge in [0.2, 0.25) is 11.8 Å². The zero-order valence-electron chi connectivity index (χ0n) is 29.3. The number of aryl methyl sites for hydroxylation is 3. The molecule has 4 unspecified atom stereocenters. The lowest BCUT2D eigenvalue weighted by atomic mass is 10.00. The Morgan fingerprint density at radius 3 is 2.70 bits per heavy atom. The summed E-state index contributed by atoms with van der Waals surface area (Å²) in [5.41, 5.74) is 10.2. The third-order valence-electron chi connectivity index (χ3n) is 10.5. The van der Waals surface area contributed by atoms with Crippen molar-refractivity contribution in [1.82, 2.24) is 26.3 Å². The van der Waals surface area contributed by atoms with Gasteiger partial charge in [-0.2, -0.15) is 11.8 Å². The lowest BCUT2D eigenvalue weighted by Crippen LogP contribution is -2.47. The monoisotopic (exact) mass is 702 g/mol. The highest BCUT2D eigenvalue weighted by Gasteiger charge is 2.42. The summed E-state index contributed by atoms with van der Waals surface area (Å²) in [6.07, 6.45) is 10.2. The SMILES string of the molecule is Cc1c2cc[n+](CCCCCNC(=O)C(CCCCN)NC(=O)CCCCC3SCC4NC(=O)NC43)c(C)c2cc2c1[nH]c1ccc(O)cc12. The number of carbonyl (C=O) groups excluding carboxylic acids is 3. The number of hydrogen-bond donors (Lipinski definition) is 7. The minimum atomic E-state index is -0.549. The first-order valence-electron chi connectivity index (χ1n) is 18.3. The van der Waals surface area contributed by atoms with Crippen LogP contribution in [0.1, 0.15) is 75.5 Å². The molecule has 12 heteroatoms. The Hall–Kier alpha value is -4.03. The number of hydrogen-bond acceptors (Lipinski definition) is 6. The van der Waals surface area contributed by atoms with E-state index in [1.807, 2.05) is 23.9 Å². The summed E-state index contributed by atoms with van der Waals surface area (Å²) in [5, 5.41) is 27.1. The standard InChI is InChI=1S/C38H51N7O4S/c1-23-26-15-19-45(24(2)27(26)21-29-28-20-25(46)13-14-30(28)42-35(23)29)18-9-3-8-17-40-37(48)31(10-6-7-16-39)41-34(47)12-5-4-11-33-36-32(22-50-33)43-38(49)44-36/h13-15,19-21,31-33,36H,3-12,16-18,22,39H2,1-2H3,(H5,40,41,43,44,46,47,48,49)/p+1. The summed E-state index contributed by atoms with van der Waals surface area (Å²) in [7, 11) is 0. The number of aromatic nitrogens is 2. The molecule has 2 aromatic heterocycles. The second kappa shape index (κ2) is 16.3. The lowest BCUT2D eigenvalue weighted by molar-refractivity contribution is -0.701.